The van der Waals surface area contributed by atoms with Gasteiger partial charge in [0.05, 0.1) is 4.90 Å². The molecule has 0 aliphatic carbocycles. The third kappa shape index (κ3) is 4.39. The minimum atomic E-state index is -3.55. The van der Waals surface area contributed by atoms with E-state index in [-0.39, 0.29) is 29.3 Å². The summed E-state index contributed by atoms with van der Waals surface area (Å²) in [6.07, 6.45) is 4.43. The van der Waals surface area contributed by atoms with E-state index in [4.69, 9.17) is 5.73 Å². The molecule has 8 heteroatoms. The van der Waals surface area contributed by atoms with E-state index in [9.17, 15) is 13.2 Å². The maximum atomic E-state index is 13.0. The summed E-state index contributed by atoms with van der Waals surface area (Å²) in [6, 6.07) is 5.16. The summed E-state index contributed by atoms with van der Waals surface area (Å²) in [4.78, 5) is 14.8. The molecule has 3 rings (SSSR count). The number of hydrogen-bond donors (Lipinski definition) is 1. The Morgan fingerprint density at radius 1 is 1.08 bits per heavy atom. The molecule has 146 valence electrons. The maximum Gasteiger partial charge on any atom is 0.253 e. The second kappa shape index (κ2) is 8.69. The van der Waals surface area contributed by atoms with Gasteiger partial charge in [-0.25, -0.2) is 8.42 Å². The normalized spacial score (nSPS) is 19.8. The number of carbonyl (C=O) groups excluding carboxylic acids is 1. The summed E-state index contributed by atoms with van der Waals surface area (Å²) in [6.45, 7) is 4.16. The Labute approximate surface area is 162 Å². The standard InChI is InChI=1S/C18H27N3O3S.ClH/c1-14-5-6-15(18(22)20-11-7-16(19)8-12-20)13-17(14)25(23,24)21-9-3-2-4-10-21;/h5-6,13,16H,2-4,7-12,19H2,1H3;1H. The molecule has 1 aromatic rings. The lowest BCUT2D eigenvalue weighted by Crippen LogP contribution is -2.43. The van der Waals surface area contributed by atoms with Gasteiger partial charge in [0.2, 0.25) is 10.0 Å². The molecule has 0 aromatic heterocycles. The molecule has 2 aliphatic rings. The maximum absolute atomic E-state index is 13.0. The van der Waals surface area contributed by atoms with Crippen LogP contribution in [0.2, 0.25) is 0 Å². The third-order valence-electron chi connectivity index (χ3n) is 5.19. The Morgan fingerprint density at radius 2 is 1.69 bits per heavy atom. The Kier molecular flexibility index (Phi) is 7.07. The fourth-order valence-corrected chi connectivity index (χ4v) is 5.31. The first-order valence-electron chi connectivity index (χ1n) is 9.05. The fourth-order valence-electron chi connectivity index (χ4n) is 3.54. The number of rotatable bonds is 3. The SMILES string of the molecule is Cc1ccc(C(=O)N2CCC(N)CC2)cc1S(=O)(=O)N1CCCCC1.Cl. The smallest absolute Gasteiger partial charge is 0.253 e. The molecule has 2 fully saturated rings. The molecule has 2 aliphatic heterocycles. The van der Waals surface area contributed by atoms with Crippen molar-refractivity contribution in [2.75, 3.05) is 26.2 Å². The van der Waals surface area contributed by atoms with Crippen LogP contribution in [0.15, 0.2) is 23.1 Å². The molecule has 1 amide bonds. The average Bonchev–Trinajstić information content (AvgIpc) is 2.63. The molecular weight excluding hydrogens is 374 g/mol. The van der Waals surface area contributed by atoms with Crippen LogP contribution in [0, 0.1) is 6.92 Å². The van der Waals surface area contributed by atoms with Crippen LogP contribution in [0.3, 0.4) is 0 Å². The summed E-state index contributed by atoms with van der Waals surface area (Å²) < 4.78 is 27.5. The number of amides is 1. The number of nitrogens with zero attached hydrogens (tertiary/aromatic N) is 2. The number of halogens is 1. The first kappa shape index (κ1) is 21.2. The molecular formula is C18H28ClN3O3S. The molecule has 0 radical (unpaired) electrons. The van der Waals surface area contributed by atoms with Crippen LogP contribution in [-0.4, -0.2) is 55.8 Å². The number of nitrogens with two attached hydrogens (primary N) is 1. The molecule has 0 bridgehead atoms. The van der Waals surface area contributed by atoms with Crippen molar-refractivity contribution in [1.29, 1.82) is 0 Å². The number of benzene rings is 1. The van der Waals surface area contributed by atoms with Crippen LogP contribution in [0.1, 0.15) is 48.0 Å². The monoisotopic (exact) mass is 401 g/mol. The Bertz CT molecular complexity index is 740. The van der Waals surface area contributed by atoms with E-state index < -0.39 is 10.0 Å². The molecule has 0 saturated carbocycles. The summed E-state index contributed by atoms with van der Waals surface area (Å²) in [5.74, 6) is -0.109. The average molecular weight is 402 g/mol. The highest BCUT2D eigenvalue weighted by molar-refractivity contribution is 7.89. The molecule has 0 spiro atoms. The lowest BCUT2D eigenvalue weighted by molar-refractivity contribution is 0.0714. The van der Waals surface area contributed by atoms with Crippen LogP contribution < -0.4 is 5.73 Å². The van der Waals surface area contributed by atoms with Crippen molar-refractivity contribution in [3.63, 3.8) is 0 Å². The molecule has 1 aromatic carbocycles. The van der Waals surface area contributed by atoms with Crippen LogP contribution in [-0.2, 0) is 10.0 Å². The molecule has 2 saturated heterocycles. The summed E-state index contributed by atoms with van der Waals surface area (Å²) >= 11 is 0. The highest BCUT2D eigenvalue weighted by Crippen LogP contribution is 2.25. The lowest BCUT2D eigenvalue weighted by Gasteiger charge is -2.30. The number of piperidine rings is 2. The highest BCUT2D eigenvalue weighted by Gasteiger charge is 2.29. The highest BCUT2D eigenvalue weighted by atomic mass is 35.5. The van der Waals surface area contributed by atoms with E-state index in [1.807, 2.05) is 0 Å². The van der Waals surface area contributed by atoms with Crippen LogP contribution in [0.4, 0.5) is 0 Å². The lowest BCUT2D eigenvalue weighted by atomic mass is 10.0. The van der Waals surface area contributed by atoms with E-state index in [1.54, 1.807) is 34.3 Å². The van der Waals surface area contributed by atoms with Crippen LogP contribution >= 0.6 is 12.4 Å². The van der Waals surface area contributed by atoms with Gasteiger partial charge in [-0.2, -0.15) is 4.31 Å². The van der Waals surface area contributed by atoms with Crippen molar-refractivity contribution in [2.45, 2.75) is 50.0 Å². The van der Waals surface area contributed by atoms with E-state index in [0.29, 0.717) is 37.3 Å². The van der Waals surface area contributed by atoms with Crippen molar-refractivity contribution in [3.8, 4) is 0 Å². The first-order chi connectivity index (χ1) is 11.9. The third-order valence-corrected chi connectivity index (χ3v) is 7.24. The van der Waals surface area contributed by atoms with Crippen molar-refractivity contribution in [1.82, 2.24) is 9.21 Å². The Morgan fingerprint density at radius 3 is 2.31 bits per heavy atom. The number of aryl methyl sites for hydroxylation is 1. The van der Waals surface area contributed by atoms with Crippen molar-refractivity contribution >= 4 is 28.3 Å². The van der Waals surface area contributed by atoms with Gasteiger partial charge in [0, 0.05) is 37.8 Å². The van der Waals surface area contributed by atoms with Crippen molar-refractivity contribution < 1.29 is 13.2 Å². The number of sulfonamides is 1. The summed E-state index contributed by atoms with van der Waals surface area (Å²) in [5.41, 5.74) is 7.02. The minimum Gasteiger partial charge on any atom is -0.339 e. The largest absolute Gasteiger partial charge is 0.339 e. The summed E-state index contributed by atoms with van der Waals surface area (Å²) in [7, 11) is -3.55. The summed E-state index contributed by atoms with van der Waals surface area (Å²) in [5, 5.41) is 0. The van der Waals surface area contributed by atoms with Gasteiger partial charge >= 0.3 is 0 Å². The number of hydrogen-bond acceptors (Lipinski definition) is 4. The van der Waals surface area contributed by atoms with Crippen molar-refractivity contribution in [3.05, 3.63) is 29.3 Å². The van der Waals surface area contributed by atoms with Gasteiger partial charge in [-0.3, -0.25) is 4.79 Å². The predicted molar refractivity (Wildman–Crippen MR) is 104 cm³/mol. The zero-order valence-corrected chi connectivity index (χ0v) is 16.8. The van der Waals surface area contributed by atoms with Gasteiger partial charge in [0.25, 0.3) is 5.91 Å². The Balaban J connectivity index is 0.00000243. The zero-order valence-electron chi connectivity index (χ0n) is 15.2. The van der Waals surface area contributed by atoms with Crippen LogP contribution in [0.5, 0.6) is 0 Å². The van der Waals surface area contributed by atoms with Gasteiger partial charge in [-0.1, -0.05) is 12.5 Å². The molecule has 6 nitrogen and oxygen atoms in total. The van der Waals surface area contributed by atoms with E-state index in [1.165, 1.54) is 0 Å². The molecule has 26 heavy (non-hydrogen) atoms. The predicted octanol–water partition coefficient (Wildman–Crippen LogP) is 2.15. The minimum absolute atomic E-state index is 0. The first-order valence-corrected chi connectivity index (χ1v) is 10.5. The molecule has 2 N–H and O–H groups in total. The quantitative estimate of drug-likeness (QED) is 0.841. The van der Waals surface area contributed by atoms with Crippen molar-refractivity contribution in [2.24, 2.45) is 5.73 Å². The number of carbonyl (C=O) groups is 1. The van der Waals surface area contributed by atoms with Crippen LogP contribution in [0.25, 0.3) is 0 Å². The Hall–Kier alpha value is -1.15. The van der Waals surface area contributed by atoms with Gasteiger partial charge < -0.3 is 10.6 Å². The molecule has 0 atom stereocenters. The van der Waals surface area contributed by atoms with E-state index in [0.717, 1.165) is 32.1 Å². The second-order valence-corrected chi connectivity index (χ2v) is 8.98. The van der Waals surface area contributed by atoms with Gasteiger partial charge in [0.1, 0.15) is 0 Å². The van der Waals surface area contributed by atoms with Gasteiger partial charge in [-0.15, -0.1) is 12.4 Å². The fraction of sp³-hybridized carbons (Fsp3) is 0.611. The second-order valence-electron chi connectivity index (χ2n) is 7.07. The van der Waals surface area contributed by atoms with Gasteiger partial charge in [0.15, 0.2) is 0 Å². The zero-order chi connectivity index (χ0) is 18.0. The number of likely N-dealkylation sites (tertiary alicyclic amines) is 1. The van der Waals surface area contributed by atoms with E-state index in [2.05, 4.69) is 0 Å². The molecule has 0 unspecified atom stereocenters. The molecule has 2 heterocycles. The van der Waals surface area contributed by atoms with E-state index >= 15 is 0 Å². The van der Waals surface area contributed by atoms with Gasteiger partial charge in [-0.05, 0) is 50.3 Å². The topological polar surface area (TPSA) is 83.7 Å².